The number of hydrogen-bond donors (Lipinski definition) is 1. The Bertz CT molecular complexity index is 3230. The lowest BCUT2D eigenvalue weighted by molar-refractivity contribution is -0.0946. The molecular weight excluding hydrogens is 1310 g/mol. The highest BCUT2D eigenvalue weighted by molar-refractivity contribution is 6.90. The Morgan fingerprint density at radius 2 is 0.720 bits per heavy atom. The standard InChI is InChI=1S/C85H130O11Si4/c1-22-62(5)70-33-45-82(46-34-70)92-65(8)88-59-67-25-27-68(28-26-67)60-89-66(9)93-84-51-37-74(38-52-84)77(56-69(23-2)72-29-41-79(42-30-72)85(10,11)12)58-78(57-76(55-63(6)71-31-43-80(86)44-32-71)73-35-47-81(48-36-73)90-61(3)4)75-39-49-83(50-40-75)91-64(7)87-53-24-54-100(94-97(13,14)15,95-98(16,17)18)96-99(19,20)21/h29-52,61-69,76-78,86H,22-28,53-60H2,1-21H3. The second kappa shape index (κ2) is 38.1. The van der Waals surface area contributed by atoms with Gasteiger partial charge in [-0.05, 0) is 317 Å². The number of benzene rings is 6. The fourth-order valence-corrected chi connectivity index (χ4v) is 28.7. The predicted octanol–water partition coefficient (Wildman–Crippen LogP) is 23.8. The van der Waals surface area contributed by atoms with E-state index in [0.29, 0.717) is 49.5 Å². The van der Waals surface area contributed by atoms with Crippen LogP contribution in [0.4, 0.5) is 0 Å². The summed E-state index contributed by atoms with van der Waals surface area (Å²) in [5.41, 5.74) is 9.19. The molecule has 0 aliphatic heterocycles. The minimum atomic E-state index is -3.00. The van der Waals surface area contributed by atoms with Gasteiger partial charge in [0.2, 0.25) is 0 Å². The molecule has 6 aromatic rings. The SMILES string of the molecule is CCC(C)c1ccc(OC(C)OCC2CCC(COC(C)Oc3ccc(C(CC(CC)c4ccc(C(C)(C)C)cc4)CC(CC(CC(C)c4ccc(O)cc4)c4ccc(OC(C)C)cc4)c4ccc(OC(C)OCCC[Si](O[Si](C)(C)C)(O[Si](C)(C)C)O[Si](C)(C)C)cc4)cc3)CC2)cc1. The summed E-state index contributed by atoms with van der Waals surface area (Å²) >= 11 is 0. The highest BCUT2D eigenvalue weighted by atomic mass is 28.5. The zero-order chi connectivity index (χ0) is 73.0. The van der Waals surface area contributed by atoms with E-state index in [9.17, 15) is 5.11 Å². The van der Waals surface area contributed by atoms with Gasteiger partial charge < -0.3 is 50.6 Å². The summed E-state index contributed by atoms with van der Waals surface area (Å²) in [6, 6.07) is 53.1. The molecule has 0 heterocycles. The van der Waals surface area contributed by atoms with Crippen molar-refractivity contribution < 1.29 is 50.6 Å². The lowest BCUT2D eigenvalue weighted by atomic mass is 9.73. The Hall–Kier alpha value is -5.05. The number of phenolic OH excluding ortho intramolecular Hbond substituents is 1. The molecule has 0 amide bonds. The average molecular weight is 1440 g/mol. The van der Waals surface area contributed by atoms with E-state index in [1.54, 1.807) is 0 Å². The fraction of sp³-hybridized carbons (Fsp3) is 0.576. The van der Waals surface area contributed by atoms with Crippen molar-refractivity contribution in [2.45, 2.75) is 285 Å². The molecule has 7 rings (SSSR count). The monoisotopic (exact) mass is 1440 g/mol. The van der Waals surface area contributed by atoms with Crippen molar-refractivity contribution in [3.8, 4) is 28.7 Å². The third kappa shape index (κ3) is 28.2. The Morgan fingerprint density at radius 3 is 1.09 bits per heavy atom. The van der Waals surface area contributed by atoms with Crippen LogP contribution in [-0.4, -0.2) is 83.7 Å². The molecule has 1 aliphatic rings. The van der Waals surface area contributed by atoms with Crippen LogP contribution >= 0.6 is 0 Å². The molecule has 552 valence electrons. The van der Waals surface area contributed by atoms with Crippen molar-refractivity contribution in [2.24, 2.45) is 11.8 Å². The first-order valence-corrected chi connectivity index (χ1v) is 50.2. The molecular formula is C85H130O11Si4. The summed E-state index contributed by atoms with van der Waals surface area (Å²) in [6.07, 6.45) is 9.92. The van der Waals surface area contributed by atoms with Gasteiger partial charge >= 0.3 is 8.80 Å². The second-order valence-corrected chi connectivity index (χ2v) is 50.2. The molecule has 0 saturated heterocycles. The lowest BCUT2D eigenvalue weighted by Gasteiger charge is -2.43. The summed E-state index contributed by atoms with van der Waals surface area (Å²) in [4.78, 5) is 0. The zero-order valence-electron chi connectivity index (χ0n) is 65.4. The van der Waals surface area contributed by atoms with Crippen molar-refractivity contribution in [3.63, 3.8) is 0 Å². The summed E-state index contributed by atoms with van der Waals surface area (Å²) in [5, 5.41) is 10.4. The average Bonchev–Trinajstić information content (AvgIpc) is 0.816. The molecule has 11 nitrogen and oxygen atoms in total. The van der Waals surface area contributed by atoms with Gasteiger partial charge in [0.05, 0.1) is 25.9 Å². The number of rotatable bonds is 41. The van der Waals surface area contributed by atoms with Crippen LogP contribution < -0.4 is 18.9 Å². The van der Waals surface area contributed by atoms with Crippen LogP contribution in [0.2, 0.25) is 65.0 Å². The van der Waals surface area contributed by atoms with Crippen LogP contribution in [0.3, 0.4) is 0 Å². The van der Waals surface area contributed by atoms with Crippen molar-refractivity contribution >= 4 is 33.8 Å². The van der Waals surface area contributed by atoms with Gasteiger partial charge in [-0.2, -0.15) is 0 Å². The minimum Gasteiger partial charge on any atom is -0.508 e. The van der Waals surface area contributed by atoms with Gasteiger partial charge in [0.15, 0.2) is 43.8 Å². The molecule has 0 radical (unpaired) electrons. The van der Waals surface area contributed by atoms with Crippen molar-refractivity contribution in [1.29, 1.82) is 0 Å². The van der Waals surface area contributed by atoms with Crippen LogP contribution in [0, 0.1) is 11.8 Å². The normalized spacial score (nSPS) is 17.7. The molecule has 9 unspecified atom stereocenters. The van der Waals surface area contributed by atoms with Crippen LogP contribution in [0.1, 0.15) is 228 Å². The van der Waals surface area contributed by atoms with E-state index in [-0.39, 0.29) is 47.2 Å². The van der Waals surface area contributed by atoms with Crippen molar-refractivity contribution in [3.05, 3.63) is 185 Å². The molecule has 0 spiro atoms. The van der Waals surface area contributed by atoms with Crippen LogP contribution in [-0.2, 0) is 32.0 Å². The van der Waals surface area contributed by atoms with E-state index < -0.39 is 46.3 Å². The van der Waals surface area contributed by atoms with Gasteiger partial charge in [-0.15, -0.1) is 0 Å². The topological polar surface area (TPSA) is 113 Å². The minimum absolute atomic E-state index is 0.0571. The quantitative estimate of drug-likeness (QED) is 0.0225. The van der Waals surface area contributed by atoms with Gasteiger partial charge in [-0.25, -0.2) is 0 Å². The first-order chi connectivity index (χ1) is 47.1. The molecule has 1 N–H and O–H groups in total. The third-order valence-electron chi connectivity index (χ3n) is 19.4. The van der Waals surface area contributed by atoms with Crippen molar-refractivity contribution in [2.75, 3.05) is 19.8 Å². The maximum absolute atomic E-state index is 10.4. The van der Waals surface area contributed by atoms with E-state index in [1.165, 1.54) is 38.9 Å². The Labute approximate surface area is 610 Å². The summed E-state index contributed by atoms with van der Waals surface area (Å²) in [6.45, 7) is 48.1. The molecule has 1 aliphatic carbocycles. The molecule has 100 heavy (non-hydrogen) atoms. The first kappa shape index (κ1) is 82.2. The molecule has 1 saturated carbocycles. The Kier molecular flexibility index (Phi) is 31.3. The molecule has 0 aromatic heterocycles. The maximum atomic E-state index is 10.4. The Balaban J connectivity index is 1.12. The van der Waals surface area contributed by atoms with Crippen LogP contribution in [0.15, 0.2) is 146 Å². The van der Waals surface area contributed by atoms with Gasteiger partial charge in [0.1, 0.15) is 28.7 Å². The van der Waals surface area contributed by atoms with Crippen LogP contribution in [0.25, 0.3) is 0 Å². The predicted molar refractivity (Wildman–Crippen MR) is 424 cm³/mol. The molecule has 1 fully saturated rings. The van der Waals surface area contributed by atoms with Gasteiger partial charge in [-0.1, -0.05) is 133 Å². The van der Waals surface area contributed by atoms with Gasteiger partial charge in [-0.3, -0.25) is 0 Å². The van der Waals surface area contributed by atoms with E-state index >= 15 is 0 Å². The molecule has 9 atom stereocenters. The van der Waals surface area contributed by atoms with Crippen molar-refractivity contribution in [1.82, 2.24) is 0 Å². The largest absolute Gasteiger partial charge is 0.508 e. The lowest BCUT2D eigenvalue weighted by Crippen LogP contribution is -2.60. The Morgan fingerprint density at radius 1 is 0.390 bits per heavy atom. The highest BCUT2D eigenvalue weighted by Gasteiger charge is 2.49. The molecule has 0 bridgehead atoms. The molecule has 6 aromatic carbocycles. The van der Waals surface area contributed by atoms with E-state index in [0.717, 1.165) is 93.6 Å². The van der Waals surface area contributed by atoms with Crippen LogP contribution in [0.5, 0.6) is 28.7 Å². The summed E-state index contributed by atoms with van der Waals surface area (Å²) in [5.74, 6) is 6.17. The maximum Gasteiger partial charge on any atom is 0.469 e. The highest BCUT2D eigenvalue weighted by Crippen LogP contribution is 2.46. The number of hydrogen-bond acceptors (Lipinski definition) is 11. The fourth-order valence-electron chi connectivity index (χ4n) is 14.1. The summed E-state index contributed by atoms with van der Waals surface area (Å²) < 4.78 is 65.7. The number of ether oxygens (including phenoxy) is 7. The zero-order valence-corrected chi connectivity index (χ0v) is 69.4. The third-order valence-corrected chi connectivity index (χ3v) is 31.5. The van der Waals surface area contributed by atoms with Gasteiger partial charge in [0.25, 0.3) is 0 Å². The summed E-state index contributed by atoms with van der Waals surface area (Å²) in [7, 11) is -9.05. The second-order valence-electron chi connectivity index (χ2n) is 33.2. The van der Waals surface area contributed by atoms with E-state index in [2.05, 4.69) is 255 Å². The van der Waals surface area contributed by atoms with E-state index in [1.807, 2.05) is 32.9 Å². The molecule has 15 heteroatoms. The number of phenols is 1. The number of aromatic hydroxyl groups is 1. The van der Waals surface area contributed by atoms with Gasteiger partial charge in [0, 0.05) is 6.04 Å². The first-order valence-electron chi connectivity index (χ1n) is 38.0. The van der Waals surface area contributed by atoms with E-state index in [4.69, 9.17) is 45.5 Å². The smallest absolute Gasteiger partial charge is 0.469 e.